The zero-order valence-electron chi connectivity index (χ0n) is 13.9. The minimum atomic E-state index is -0.190. The normalized spacial score (nSPS) is 11.6. The van der Waals surface area contributed by atoms with Crippen molar-refractivity contribution < 1.29 is 4.39 Å². The molecule has 1 aromatic carbocycles. The summed E-state index contributed by atoms with van der Waals surface area (Å²) in [5, 5.41) is 10.7. The largest absolute Gasteiger partial charge is 0.357 e. The van der Waals surface area contributed by atoms with Crippen LogP contribution >= 0.6 is 0 Å². The van der Waals surface area contributed by atoms with Gasteiger partial charge in [0, 0.05) is 19.3 Å². The van der Waals surface area contributed by atoms with Crippen molar-refractivity contribution in [2.75, 3.05) is 13.1 Å². The standard InChI is InChI=1S/C17H24FN5/c1-4-19-17(20-7-8-23-12-13(2)10-22-23)21-11-15-6-5-14(3)16(18)9-15/h5-6,9-10,12H,4,7-8,11H2,1-3H3,(H2,19,20,21). The molecule has 23 heavy (non-hydrogen) atoms. The molecule has 0 spiro atoms. The second-order valence-electron chi connectivity index (χ2n) is 5.49. The maximum atomic E-state index is 13.6. The summed E-state index contributed by atoms with van der Waals surface area (Å²) in [5.41, 5.74) is 2.65. The van der Waals surface area contributed by atoms with Crippen molar-refractivity contribution in [1.29, 1.82) is 0 Å². The second-order valence-corrected chi connectivity index (χ2v) is 5.49. The molecule has 0 saturated heterocycles. The van der Waals surface area contributed by atoms with Crippen LogP contribution in [0.2, 0.25) is 0 Å². The molecule has 124 valence electrons. The summed E-state index contributed by atoms with van der Waals surface area (Å²) in [5.74, 6) is 0.530. The van der Waals surface area contributed by atoms with Crippen molar-refractivity contribution in [1.82, 2.24) is 20.4 Å². The van der Waals surface area contributed by atoms with Crippen molar-refractivity contribution in [2.24, 2.45) is 4.99 Å². The number of guanidine groups is 1. The van der Waals surface area contributed by atoms with Gasteiger partial charge in [0.25, 0.3) is 0 Å². The summed E-state index contributed by atoms with van der Waals surface area (Å²) in [6, 6.07) is 5.22. The second kappa shape index (κ2) is 8.31. The summed E-state index contributed by atoms with van der Waals surface area (Å²) in [6.07, 6.45) is 3.84. The van der Waals surface area contributed by atoms with Crippen molar-refractivity contribution in [2.45, 2.75) is 33.9 Å². The predicted octanol–water partition coefficient (Wildman–Crippen LogP) is 2.39. The van der Waals surface area contributed by atoms with Gasteiger partial charge < -0.3 is 10.6 Å². The van der Waals surface area contributed by atoms with Crippen LogP contribution in [0.5, 0.6) is 0 Å². The number of nitrogens with one attached hydrogen (secondary N) is 2. The van der Waals surface area contributed by atoms with Crippen LogP contribution in [0.3, 0.4) is 0 Å². The van der Waals surface area contributed by atoms with Crippen LogP contribution in [-0.2, 0) is 13.1 Å². The molecule has 6 heteroatoms. The fraction of sp³-hybridized carbons (Fsp3) is 0.412. The highest BCUT2D eigenvalue weighted by molar-refractivity contribution is 5.79. The van der Waals surface area contributed by atoms with E-state index in [1.54, 1.807) is 13.0 Å². The Hall–Kier alpha value is -2.37. The number of nitrogens with zero attached hydrogens (tertiary/aromatic N) is 3. The average Bonchev–Trinajstić information content (AvgIpc) is 2.93. The molecule has 0 fully saturated rings. The molecule has 0 radical (unpaired) electrons. The lowest BCUT2D eigenvalue weighted by Gasteiger charge is -2.11. The van der Waals surface area contributed by atoms with Gasteiger partial charge in [0.1, 0.15) is 5.82 Å². The summed E-state index contributed by atoms with van der Waals surface area (Å²) in [4.78, 5) is 4.49. The van der Waals surface area contributed by atoms with Crippen molar-refractivity contribution in [3.8, 4) is 0 Å². The van der Waals surface area contributed by atoms with E-state index >= 15 is 0 Å². The first-order valence-corrected chi connectivity index (χ1v) is 7.84. The Bertz CT molecular complexity index is 663. The Kier molecular flexibility index (Phi) is 6.14. The number of benzene rings is 1. The third-order valence-corrected chi connectivity index (χ3v) is 3.40. The van der Waals surface area contributed by atoms with E-state index in [1.165, 1.54) is 6.07 Å². The SMILES string of the molecule is CCNC(=NCc1ccc(C)c(F)c1)NCCn1cc(C)cn1. The van der Waals surface area contributed by atoms with Gasteiger partial charge in [-0.1, -0.05) is 12.1 Å². The number of rotatable bonds is 6. The monoisotopic (exact) mass is 317 g/mol. The van der Waals surface area contributed by atoms with Crippen molar-refractivity contribution in [3.63, 3.8) is 0 Å². The van der Waals surface area contributed by atoms with Gasteiger partial charge in [-0.25, -0.2) is 9.38 Å². The molecule has 0 bridgehead atoms. The smallest absolute Gasteiger partial charge is 0.191 e. The highest BCUT2D eigenvalue weighted by Gasteiger charge is 2.01. The number of aryl methyl sites for hydroxylation is 2. The van der Waals surface area contributed by atoms with E-state index in [1.807, 2.05) is 37.0 Å². The number of aromatic nitrogens is 2. The van der Waals surface area contributed by atoms with E-state index in [0.717, 1.165) is 36.7 Å². The first kappa shape index (κ1) is 17.0. The molecular formula is C17H24FN5. The fourth-order valence-corrected chi connectivity index (χ4v) is 2.12. The molecular weight excluding hydrogens is 293 g/mol. The van der Waals surface area contributed by atoms with Crippen LogP contribution in [0.25, 0.3) is 0 Å². The predicted molar refractivity (Wildman–Crippen MR) is 90.9 cm³/mol. The lowest BCUT2D eigenvalue weighted by molar-refractivity contribution is 0.597. The lowest BCUT2D eigenvalue weighted by Crippen LogP contribution is -2.38. The number of hydrogen-bond donors (Lipinski definition) is 2. The van der Waals surface area contributed by atoms with Gasteiger partial charge in [0.2, 0.25) is 0 Å². The average molecular weight is 317 g/mol. The highest BCUT2D eigenvalue weighted by Crippen LogP contribution is 2.09. The third-order valence-electron chi connectivity index (χ3n) is 3.40. The molecule has 0 atom stereocenters. The van der Waals surface area contributed by atoms with E-state index in [4.69, 9.17) is 0 Å². The number of aliphatic imine (C=N–C) groups is 1. The van der Waals surface area contributed by atoms with Crippen LogP contribution in [0, 0.1) is 19.7 Å². The Morgan fingerprint density at radius 2 is 2.13 bits per heavy atom. The van der Waals surface area contributed by atoms with Gasteiger partial charge >= 0.3 is 0 Å². The van der Waals surface area contributed by atoms with Gasteiger partial charge in [-0.2, -0.15) is 5.10 Å². The minimum absolute atomic E-state index is 0.190. The van der Waals surface area contributed by atoms with Crippen LogP contribution in [0.1, 0.15) is 23.6 Å². The molecule has 1 aromatic heterocycles. The molecule has 0 aliphatic heterocycles. The molecule has 2 N–H and O–H groups in total. The van der Waals surface area contributed by atoms with E-state index < -0.39 is 0 Å². The highest BCUT2D eigenvalue weighted by atomic mass is 19.1. The van der Waals surface area contributed by atoms with Crippen LogP contribution < -0.4 is 10.6 Å². The molecule has 0 unspecified atom stereocenters. The Morgan fingerprint density at radius 3 is 2.78 bits per heavy atom. The first-order chi connectivity index (χ1) is 11.1. The summed E-state index contributed by atoms with van der Waals surface area (Å²) < 4.78 is 15.4. The first-order valence-electron chi connectivity index (χ1n) is 7.84. The Labute approximate surface area is 136 Å². The maximum absolute atomic E-state index is 13.6. The molecule has 0 aliphatic rings. The molecule has 5 nitrogen and oxygen atoms in total. The number of hydrogen-bond acceptors (Lipinski definition) is 2. The van der Waals surface area contributed by atoms with Gasteiger partial charge in [-0.05, 0) is 43.5 Å². The van der Waals surface area contributed by atoms with Gasteiger partial charge in [-0.15, -0.1) is 0 Å². The third kappa shape index (κ3) is 5.39. The van der Waals surface area contributed by atoms with E-state index in [2.05, 4.69) is 20.7 Å². The van der Waals surface area contributed by atoms with E-state index in [-0.39, 0.29) is 5.82 Å². The van der Waals surface area contributed by atoms with Gasteiger partial charge in [0.15, 0.2) is 5.96 Å². The minimum Gasteiger partial charge on any atom is -0.357 e. The lowest BCUT2D eigenvalue weighted by atomic mass is 10.1. The Balaban J connectivity index is 1.89. The number of halogens is 1. The quantitative estimate of drug-likeness (QED) is 0.635. The van der Waals surface area contributed by atoms with Crippen molar-refractivity contribution >= 4 is 5.96 Å². The maximum Gasteiger partial charge on any atom is 0.191 e. The summed E-state index contributed by atoms with van der Waals surface area (Å²) in [6.45, 7) is 8.47. The van der Waals surface area contributed by atoms with Crippen molar-refractivity contribution in [3.05, 3.63) is 53.1 Å². The van der Waals surface area contributed by atoms with Gasteiger partial charge in [-0.3, -0.25) is 4.68 Å². The van der Waals surface area contributed by atoms with Crippen LogP contribution in [0.15, 0.2) is 35.6 Å². The molecule has 0 aliphatic carbocycles. The van der Waals surface area contributed by atoms with Crippen LogP contribution in [0.4, 0.5) is 4.39 Å². The zero-order valence-corrected chi connectivity index (χ0v) is 13.9. The molecule has 2 aromatic rings. The molecule has 0 amide bonds. The summed E-state index contributed by atoms with van der Waals surface area (Å²) in [7, 11) is 0. The van der Waals surface area contributed by atoms with Gasteiger partial charge in [0.05, 0.1) is 19.3 Å². The fourth-order valence-electron chi connectivity index (χ4n) is 2.12. The van der Waals surface area contributed by atoms with E-state index in [0.29, 0.717) is 12.1 Å². The Morgan fingerprint density at radius 1 is 1.30 bits per heavy atom. The zero-order chi connectivity index (χ0) is 16.7. The molecule has 2 rings (SSSR count). The molecule has 1 heterocycles. The molecule has 0 saturated carbocycles. The topological polar surface area (TPSA) is 54.2 Å². The van der Waals surface area contributed by atoms with Crippen LogP contribution in [-0.4, -0.2) is 28.8 Å². The van der Waals surface area contributed by atoms with E-state index in [9.17, 15) is 4.39 Å². The summed E-state index contributed by atoms with van der Waals surface area (Å²) >= 11 is 0.